The van der Waals surface area contributed by atoms with Crippen molar-refractivity contribution in [2.45, 2.75) is 11.3 Å². The molecule has 0 aromatic carbocycles. The van der Waals surface area contributed by atoms with Gasteiger partial charge in [0, 0.05) is 17.7 Å². The SMILES string of the molecule is ClCCC1(Cl)C=CC=CC1CCl. The third-order valence-corrected chi connectivity index (χ3v) is 3.20. The van der Waals surface area contributed by atoms with Crippen LogP contribution in [0.1, 0.15) is 6.42 Å². The highest BCUT2D eigenvalue weighted by atomic mass is 35.5. The molecule has 0 amide bonds. The van der Waals surface area contributed by atoms with Gasteiger partial charge in [0.1, 0.15) is 0 Å². The minimum atomic E-state index is -0.363. The van der Waals surface area contributed by atoms with Crippen molar-refractivity contribution < 1.29 is 0 Å². The Bertz CT molecular complexity index is 198. The van der Waals surface area contributed by atoms with Crippen LogP contribution in [0, 0.1) is 5.92 Å². The Labute approximate surface area is 88.2 Å². The van der Waals surface area contributed by atoms with E-state index in [1.54, 1.807) is 0 Å². The first-order valence-corrected chi connectivity index (χ1v) is 5.34. The average molecular weight is 226 g/mol. The first-order chi connectivity index (χ1) is 5.73. The molecule has 0 aliphatic heterocycles. The van der Waals surface area contributed by atoms with Crippen LogP contribution in [0.25, 0.3) is 0 Å². The summed E-state index contributed by atoms with van der Waals surface area (Å²) in [7, 11) is 0. The van der Waals surface area contributed by atoms with Gasteiger partial charge in [-0.25, -0.2) is 0 Å². The highest BCUT2D eigenvalue weighted by Crippen LogP contribution is 2.35. The Morgan fingerprint density at radius 2 is 2.00 bits per heavy atom. The van der Waals surface area contributed by atoms with Gasteiger partial charge in [-0.1, -0.05) is 24.3 Å². The summed E-state index contributed by atoms with van der Waals surface area (Å²) < 4.78 is 0. The van der Waals surface area contributed by atoms with Crippen molar-refractivity contribution in [3.8, 4) is 0 Å². The summed E-state index contributed by atoms with van der Waals surface area (Å²) in [6.07, 6.45) is 8.69. The van der Waals surface area contributed by atoms with Crippen molar-refractivity contribution in [3.63, 3.8) is 0 Å². The smallest absolute Gasteiger partial charge is 0.0714 e. The third kappa shape index (κ3) is 2.18. The van der Waals surface area contributed by atoms with Crippen molar-refractivity contribution >= 4 is 34.8 Å². The van der Waals surface area contributed by atoms with Crippen LogP contribution in [0.2, 0.25) is 0 Å². The van der Waals surface area contributed by atoms with E-state index in [2.05, 4.69) is 0 Å². The molecule has 0 radical (unpaired) electrons. The summed E-state index contributed by atoms with van der Waals surface area (Å²) >= 11 is 17.8. The Balaban J connectivity index is 2.72. The molecule has 3 heteroatoms. The normalized spacial score (nSPS) is 34.1. The largest absolute Gasteiger partial charge is 0.127 e. The second-order valence-electron chi connectivity index (χ2n) is 2.87. The molecule has 2 unspecified atom stereocenters. The number of halogens is 3. The molecule has 0 spiro atoms. The lowest BCUT2D eigenvalue weighted by Gasteiger charge is -2.30. The maximum Gasteiger partial charge on any atom is 0.0714 e. The van der Waals surface area contributed by atoms with Crippen LogP contribution in [0.3, 0.4) is 0 Å². The predicted molar refractivity (Wildman–Crippen MR) is 56.4 cm³/mol. The van der Waals surface area contributed by atoms with Gasteiger partial charge in [0.15, 0.2) is 0 Å². The topological polar surface area (TPSA) is 0 Å². The summed E-state index contributed by atoms with van der Waals surface area (Å²) in [5.74, 6) is 1.31. The maximum atomic E-state index is 6.33. The molecule has 12 heavy (non-hydrogen) atoms. The average Bonchev–Trinajstić information content (AvgIpc) is 2.05. The monoisotopic (exact) mass is 224 g/mol. The van der Waals surface area contributed by atoms with Crippen molar-refractivity contribution in [1.82, 2.24) is 0 Å². The van der Waals surface area contributed by atoms with Crippen LogP contribution in [0.15, 0.2) is 24.3 Å². The minimum Gasteiger partial charge on any atom is -0.127 e. The first kappa shape index (κ1) is 10.4. The number of rotatable bonds is 3. The van der Waals surface area contributed by atoms with Crippen molar-refractivity contribution in [2.24, 2.45) is 5.92 Å². The second-order valence-corrected chi connectivity index (χ2v) is 4.26. The standard InChI is InChI=1S/C9H11Cl3/c10-6-5-9(12)4-2-1-3-8(9)7-11/h1-4,8H,5-7H2. The van der Waals surface area contributed by atoms with Crippen LogP contribution < -0.4 is 0 Å². The highest BCUT2D eigenvalue weighted by molar-refractivity contribution is 6.27. The first-order valence-electron chi connectivity index (χ1n) is 3.90. The number of hydrogen-bond donors (Lipinski definition) is 0. The Kier molecular flexibility index (Phi) is 3.95. The van der Waals surface area contributed by atoms with Gasteiger partial charge >= 0.3 is 0 Å². The van der Waals surface area contributed by atoms with Gasteiger partial charge in [0.25, 0.3) is 0 Å². The molecule has 0 aromatic heterocycles. The van der Waals surface area contributed by atoms with E-state index >= 15 is 0 Å². The Morgan fingerprint density at radius 3 is 2.58 bits per heavy atom. The Hall–Kier alpha value is 0.350. The number of hydrogen-bond acceptors (Lipinski definition) is 0. The molecule has 68 valence electrons. The molecule has 0 bridgehead atoms. The van der Waals surface area contributed by atoms with E-state index in [9.17, 15) is 0 Å². The van der Waals surface area contributed by atoms with Crippen LogP contribution in [0.5, 0.6) is 0 Å². The molecule has 0 aromatic rings. The predicted octanol–water partition coefficient (Wildman–Crippen LogP) is 3.57. The van der Waals surface area contributed by atoms with Crippen molar-refractivity contribution in [2.75, 3.05) is 11.8 Å². The van der Waals surface area contributed by atoms with Gasteiger partial charge in [-0.15, -0.1) is 34.8 Å². The van der Waals surface area contributed by atoms with E-state index < -0.39 is 0 Å². The lowest BCUT2D eigenvalue weighted by Crippen LogP contribution is -2.31. The van der Waals surface area contributed by atoms with E-state index in [0.29, 0.717) is 11.8 Å². The molecule has 1 aliphatic carbocycles. The molecule has 0 saturated carbocycles. The molecule has 0 saturated heterocycles. The lowest BCUT2D eigenvalue weighted by atomic mass is 9.87. The molecule has 2 atom stereocenters. The zero-order valence-electron chi connectivity index (χ0n) is 6.64. The molecule has 1 aliphatic rings. The van der Waals surface area contributed by atoms with Gasteiger partial charge in [0.2, 0.25) is 0 Å². The second kappa shape index (κ2) is 4.55. The highest BCUT2D eigenvalue weighted by Gasteiger charge is 2.32. The fourth-order valence-corrected chi connectivity index (χ4v) is 2.47. The summed E-state index contributed by atoms with van der Waals surface area (Å²) in [6, 6.07) is 0. The summed E-state index contributed by atoms with van der Waals surface area (Å²) in [6.45, 7) is 0. The molecule has 0 nitrogen and oxygen atoms in total. The fourth-order valence-electron chi connectivity index (χ4n) is 1.29. The van der Waals surface area contributed by atoms with Crippen molar-refractivity contribution in [3.05, 3.63) is 24.3 Å². The van der Waals surface area contributed by atoms with Gasteiger partial charge in [-0.3, -0.25) is 0 Å². The van der Waals surface area contributed by atoms with Crippen molar-refractivity contribution in [1.29, 1.82) is 0 Å². The van der Waals surface area contributed by atoms with Gasteiger partial charge in [-0.2, -0.15) is 0 Å². The molecular formula is C9H11Cl3. The van der Waals surface area contributed by atoms with E-state index in [1.165, 1.54) is 0 Å². The third-order valence-electron chi connectivity index (χ3n) is 2.09. The van der Waals surface area contributed by atoms with E-state index in [-0.39, 0.29) is 10.8 Å². The quantitative estimate of drug-likeness (QED) is 0.644. The van der Waals surface area contributed by atoms with Gasteiger partial charge in [0.05, 0.1) is 4.87 Å². The van der Waals surface area contributed by atoms with E-state index in [4.69, 9.17) is 34.8 Å². The number of allylic oxidation sites excluding steroid dienone is 4. The molecular weight excluding hydrogens is 214 g/mol. The summed E-state index contributed by atoms with van der Waals surface area (Å²) in [4.78, 5) is -0.363. The van der Waals surface area contributed by atoms with Gasteiger partial charge < -0.3 is 0 Å². The Morgan fingerprint density at radius 1 is 1.25 bits per heavy atom. The summed E-state index contributed by atoms with van der Waals surface area (Å²) in [5.41, 5.74) is 0. The zero-order chi connectivity index (χ0) is 9.03. The summed E-state index contributed by atoms with van der Waals surface area (Å²) in [5, 5.41) is 0. The van der Waals surface area contributed by atoms with Crippen LogP contribution in [-0.2, 0) is 0 Å². The van der Waals surface area contributed by atoms with Crippen LogP contribution in [-0.4, -0.2) is 16.6 Å². The van der Waals surface area contributed by atoms with E-state index in [1.807, 2.05) is 24.3 Å². The minimum absolute atomic E-state index is 0.199. The lowest BCUT2D eigenvalue weighted by molar-refractivity contribution is 0.536. The fraction of sp³-hybridized carbons (Fsp3) is 0.556. The van der Waals surface area contributed by atoms with Crippen LogP contribution >= 0.6 is 34.8 Å². The maximum absolute atomic E-state index is 6.33. The van der Waals surface area contributed by atoms with Gasteiger partial charge in [-0.05, 0) is 6.42 Å². The van der Waals surface area contributed by atoms with Crippen LogP contribution in [0.4, 0.5) is 0 Å². The number of alkyl halides is 3. The molecule has 0 fully saturated rings. The molecule has 1 rings (SSSR count). The molecule has 0 N–H and O–H groups in total. The zero-order valence-corrected chi connectivity index (χ0v) is 8.91. The molecule has 0 heterocycles. The van der Waals surface area contributed by atoms with E-state index in [0.717, 1.165) is 6.42 Å².